The summed E-state index contributed by atoms with van der Waals surface area (Å²) >= 11 is 0. The smallest absolute Gasteiger partial charge is 0.220 e. The van der Waals surface area contributed by atoms with Crippen molar-refractivity contribution in [1.82, 2.24) is 10.2 Å². The highest BCUT2D eigenvalue weighted by molar-refractivity contribution is 5.76. The molecule has 0 fully saturated rings. The summed E-state index contributed by atoms with van der Waals surface area (Å²) in [6.07, 6.45) is 1.72. The minimum absolute atomic E-state index is 0.0167. The second-order valence-corrected chi connectivity index (χ2v) is 4.60. The van der Waals surface area contributed by atoms with Crippen LogP contribution >= 0.6 is 0 Å². The van der Waals surface area contributed by atoms with Gasteiger partial charge in [-0.05, 0) is 45.1 Å². The van der Waals surface area contributed by atoms with Crippen LogP contribution in [0.2, 0.25) is 0 Å². The molecule has 100 valence electrons. The minimum Gasteiger partial charge on any atom is -0.356 e. The van der Waals surface area contributed by atoms with Crippen molar-refractivity contribution in [3.05, 3.63) is 35.6 Å². The second-order valence-electron chi connectivity index (χ2n) is 4.60. The van der Waals surface area contributed by atoms with Crippen LogP contribution in [0.25, 0.3) is 0 Å². The summed E-state index contributed by atoms with van der Waals surface area (Å²) in [5, 5.41) is 2.84. The SMILES string of the molecule is CN(C)CCCNC(=O)CCc1ccccc1F. The normalized spacial score (nSPS) is 10.7. The van der Waals surface area contributed by atoms with Gasteiger partial charge in [0.15, 0.2) is 0 Å². The molecule has 0 atom stereocenters. The van der Waals surface area contributed by atoms with Gasteiger partial charge in [-0.1, -0.05) is 18.2 Å². The first kappa shape index (κ1) is 14.6. The van der Waals surface area contributed by atoms with E-state index in [0.717, 1.165) is 13.0 Å². The molecule has 1 amide bonds. The summed E-state index contributed by atoms with van der Waals surface area (Å²) in [5.74, 6) is -0.255. The van der Waals surface area contributed by atoms with E-state index in [9.17, 15) is 9.18 Å². The standard InChI is InChI=1S/C14H21FN2O/c1-17(2)11-5-10-16-14(18)9-8-12-6-3-4-7-13(12)15/h3-4,6-7H,5,8-11H2,1-2H3,(H,16,18). The van der Waals surface area contributed by atoms with Crippen LogP contribution in [0, 0.1) is 5.82 Å². The number of benzene rings is 1. The lowest BCUT2D eigenvalue weighted by molar-refractivity contribution is -0.121. The first-order valence-corrected chi connectivity index (χ1v) is 6.24. The van der Waals surface area contributed by atoms with Gasteiger partial charge in [-0.25, -0.2) is 4.39 Å². The van der Waals surface area contributed by atoms with E-state index in [-0.39, 0.29) is 11.7 Å². The number of nitrogens with one attached hydrogen (secondary N) is 1. The van der Waals surface area contributed by atoms with Crippen molar-refractivity contribution in [2.24, 2.45) is 0 Å². The third kappa shape index (κ3) is 5.77. The molecular formula is C14H21FN2O. The summed E-state index contributed by atoms with van der Waals surface area (Å²) in [6.45, 7) is 1.63. The summed E-state index contributed by atoms with van der Waals surface area (Å²) in [4.78, 5) is 13.6. The average Bonchev–Trinajstić information content (AvgIpc) is 2.33. The van der Waals surface area contributed by atoms with Crippen molar-refractivity contribution >= 4 is 5.91 Å². The van der Waals surface area contributed by atoms with Crippen molar-refractivity contribution in [2.45, 2.75) is 19.3 Å². The van der Waals surface area contributed by atoms with E-state index in [1.165, 1.54) is 6.07 Å². The monoisotopic (exact) mass is 252 g/mol. The highest BCUT2D eigenvalue weighted by Gasteiger charge is 2.05. The number of carbonyl (C=O) groups excluding carboxylic acids is 1. The molecule has 1 N–H and O–H groups in total. The first-order chi connectivity index (χ1) is 8.59. The highest BCUT2D eigenvalue weighted by Crippen LogP contribution is 2.08. The topological polar surface area (TPSA) is 32.3 Å². The van der Waals surface area contributed by atoms with Gasteiger partial charge < -0.3 is 10.2 Å². The van der Waals surface area contributed by atoms with Crippen molar-refractivity contribution in [3.8, 4) is 0 Å². The van der Waals surface area contributed by atoms with Crippen LogP contribution in [0.4, 0.5) is 4.39 Å². The Kier molecular flexibility index (Phi) is 6.36. The predicted octanol–water partition coefficient (Wildman–Crippen LogP) is 1.83. The molecule has 0 aromatic heterocycles. The molecule has 1 aromatic carbocycles. The molecule has 0 spiro atoms. The Morgan fingerprint density at radius 1 is 1.33 bits per heavy atom. The molecule has 0 saturated heterocycles. The van der Waals surface area contributed by atoms with Gasteiger partial charge in [0.1, 0.15) is 5.82 Å². The van der Waals surface area contributed by atoms with Crippen LogP contribution in [0.15, 0.2) is 24.3 Å². The zero-order valence-corrected chi connectivity index (χ0v) is 11.1. The molecule has 0 saturated carbocycles. The second kappa shape index (κ2) is 7.82. The zero-order chi connectivity index (χ0) is 13.4. The van der Waals surface area contributed by atoms with Crippen molar-refractivity contribution in [1.29, 1.82) is 0 Å². The van der Waals surface area contributed by atoms with Crippen molar-refractivity contribution in [3.63, 3.8) is 0 Å². The number of nitrogens with zero attached hydrogens (tertiary/aromatic N) is 1. The quantitative estimate of drug-likeness (QED) is 0.751. The van der Waals surface area contributed by atoms with Gasteiger partial charge in [-0.3, -0.25) is 4.79 Å². The largest absolute Gasteiger partial charge is 0.356 e. The molecule has 0 unspecified atom stereocenters. The lowest BCUT2D eigenvalue weighted by Gasteiger charge is -2.10. The maximum absolute atomic E-state index is 13.3. The maximum Gasteiger partial charge on any atom is 0.220 e. The van der Waals surface area contributed by atoms with Gasteiger partial charge in [0.2, 0.25) is 5.91 Å². The van der Waals surface area contributed by atoms with E-state index in [0.29, 0.717) is 24.9 Å². The fourth-order valence-corrected chi connectivity index (χ4v) is 1.66. The fourth-order valence-electron chi connectivity index (χ4n) is 1.66. The zero-order valence-electron chi connectivity index (χ0n) is 11.1. The summed E-state index contributed by atoms with van der Waals surface area (Å²) in [5.41, 5.74) is 0.598. The van der Waals surface area contributed by atoms with Crippen LogP contribution < -0.4 is 5.32 Å². The summed E-state index contributed by atoms with van der Waals surface area (Å²) in [6, 6.07) is 6.58. The van der Waals surface area contributed by atoms with Crippen molar-refractivity contribution < 1.29 is 9.18 Å². The Hall–Kier alpha value is -1.42. The van der Waals surface area contributed by atoms with Gasteiger partial charge in [0.25, 0.3) is 0 Å². The molecule has 0 radical (unpaired) electrons. The van der Waals surface area contributed by atoms with E-state index in [4.69, 9.17) is 0 Å². The molecule has 0 heterocycles. The van der Waals surface area contributed by atoms with E-state index >= 15 is 0 Å². The number of amides is 1. The Bertz CT molecular complexity index is 380. The predicted molar refractivity (Wildman–Crippen MR) is 70.9 cm³/mol. The Morgan fingerprint density at radius 3 is 2.72 bits per heavy atom. The van der Waals surface area contributed by atoms with E-state index in [1.54, 1.807) is 18.2 Å². The summed E-state index contributed by atoms with van der Waals surface area (Å²) < 4.78 is 13.3. The van der Waals surface area contributed by atoms with Gasteiger partial charge in [-0.2, -0.15) is 0 Å². The van der Waals surface area contributed by atoms with Crippen LogP contribution in [0.1, 0.15) is 18.4 Å². The Labute approximate surface area is 108 Å². The lowest BCUT2D eigenvalue weighted by Crippen LogP contribution is -2.27. The lowest BCUT2D eigenvalue weighted by atomic mass is 10.1. The van der Waals surface area contributed by atoms with Gasteiger partial charge in [0.05, 0.1) is 0 Å². The number of carbonyl (C=O) groups is 1. The van der Waals surface area contributed by atoms with Crippen LogP contribution in [0.5, 0.6) is 0 Å². The molecule has 3 nitrogen and oxygen atoms in total. The first-order valence-electron chi connectivity index (χ1n) is 6.24. The van der Waals surface area contributed by atoms with Gasteiger partial charge >= 0.3 is 0 Å². The molecule has 18 heavy (non-hydrogen) atoms. The Balaban J connectivity index is 2.19. The number of hydrogen-bond acceptors (Lipinski definition) is 2. The number of rotatable bonds is 7. The van der Waals surface area contributed by atoms with E-state index < -0.39 is 0 Å². The van der Waals surface area contributed by atoms with Crippen LogP contribution in [0.3, 0.4) is 0 Å². The molecule has 0 aliphatic rings. The Morgan fingerprint density at radius 2 is 2.06 bits per heavy atom. The third-order valence-electron chi connectivity index (χ3n) is 2.68. The summed E-state index contributed by atoms with van der Waals surface area (Å²) in [7, 11) is 4.00. The third-order valence-corrected chi connectivity index (χ3v) is 2.68. The fraction of sp³-hybridized carbons (Fsp3) is 0.500. The maximum atomic E-state index is 13.3. The number of halogens is 1. The molecule has 0 bridgehead atoms. The number of aryl methyl sites for hydroxylation is 1. The van der Waals surface area contributed by atoms with E-state index in [2.05, 4.69) is 10.2 Å². The molecule has 4 heteroatoms. The molecule has 0 aliphatic carbocycles. The number of hydrogen-bond donors (Lipinski definition) is 1. The van der Waals surface area contributed by atoms with Gasteiger partial charge in [0, 0.05) is 13.0 Å². The van der Waals surface area contributed by atoms with Crippen LogP contribution in [-0.4, -0.2) is 38.0 Å². The van der Waals surface area contributed by atoms with Crippen molar-refractivity contribution in [2.75, 3.05) is 27.2 Å². The van der Waals surface area contributed by atoms with Crippen LogP contribution in [-0.2, 0) is 11.2 Å². The molecule has 1 aromatic rings. The van der Waals surface area contributed by atoms with E-state index in [1.807, 2.05) is 14.1 Å². The molecule has 0 aliphatic heterocycles. The molecule has 1 rings (SSSR count). The minimum atomic E-state index is -0.238. The van der Waals surface area contributed by atoms with Gasteiger partial charge in [-0.15, -0.1) is 0 Å². The molecular weight excluding hydrogens is 231 g/mol. The average molecular weight is 252 g/mol. The highest BCUT2D eigenvalue weighted by atomic mass is 19.1.